The van der Waals surface area contributed by atoms with Gasteiger partial charge in [0.15, 0.2) is 5.16 Å². The van der Waals surface area contributed by atoms with E-state index in [0.717, 1.165) is 24.8 Å². The number of rotatable bonds is 7. The van der Waals surface area contributed by atoms with E-state index in [9.17, 15) is 9.59 Å². The zero-order valence-corrected chi connectivity index (χ0v) is 18.5. The van der Waals surface area contributed by atoms with Crippen LogP contribution in [-0.4, -0.2) is 36.9 Å². The zero-order chi connectivity index (χ0) is 21.1. The van der Waals surface area contributed by atoms with Crippen LogP contribution >= 0.6 is 11.8 Å². The molecule has 1 aromatic carbocycles. The molecule has 1 amide bonds. The van der Waals surface area contributed by atoms with Gasteiger partial charge >= 0.3 is 0 Å². The van der Waals surface area contributed by atoms with Crippen molar-refractivity contribution in [3.8, 4) is 0 Å². The lowest BCUT2D eigenvalue weighted by molar-refractivity contribution is -0.119. The summed E-state index contributed by atoms with van der Waals surface area (Å²) in [5, 5.41) is 13.1. The Morgan fingerprint density at radius 1 is 1.23 bits per heavy atom. The van der Waals surface area contributed by atoms with Crippen molar-refractivity contribution in [2.75, 3.05) is 5.75 Å². The van der Waals surface area contributed by atoms with Crippen molar-refractivity contribution in [3.05, 3.63) is 34.6 Å². The molecule has 1 fully saturated rings. The number of aryl methyl sites for hydroxylation is 1. The molecule has 1 saturated carbocycles. The topological polar surface area (TPSA) is 81.3 Å². The summed E-state index contributed by atoms with van der Waals surface area (Å²) in [7, 11) is 0. The fourth-order valence-electron chi connectivity index (χ4n) is 4.25. The first-order valence-corrected chi connectivity index (χ1v) is 11.9. The molecule has 160 valence electrons. The number of nitrogens with one attached hydrogen (secondary N) is 1. The van der Waals surface area contributed by atoms with Crippen LogP contribution in [0.15, 0.2) is 34.2 Å². The number of hydrogen-bond donors (Lipinski definition) is 1. The lowest BCUT2D eigenvalue weighted by Crippen LogP contribution is -2.41. The highest BCUT2D eigenvalue weighted by atomic mass is 32.2. The maximum atomic E-state index is 13.0. The van der Waals surface area contributed by atoms with E-state index in [2.05, 4.69) is 29.4 Å². The third kappa shape index (κ3) is 4.10. The highest BCUT2D eigenvalue weighted by Crippen LogP contribution is 2.25. The second kappa shape index (κ2) is 9.20. The van der Waals surface area contributed by atoms with Gasteiger partial charge < -0.3 is 5.32 Å². The number of carbonyl (C=O) groups is 1. The van der Waals surface area contributed by atoms with Crippen LogP contribution in [-0.2, 0) is 11.3 Å². The van der Waals surface area contributed by atoms with Crippen LogP contribution in [0.25, 0.3) is 16.7 Å². The minimum absolute atomic E-state index is 0.0270. The quantitative estimate of drug-likeness (QED) is 0.582. The number of unbranched alkanes of at least 4 members (excludes halogenated alkanes) is 1. The molecular weight excluding hydrogens is 398 g/mol. The normalized spacial score (nSPS) is 19.4. The lowest BCUT2D eigenvalue weighted by atomic mass is 9.86. The molecule has 2 aromatic heterocycles. The molecule has 1 aliphatic carbocycles. The predicted octanol–water partition coefficient (Wildman–Crippen LogP) is 3.63. The molecule has 2 heterocycles. The van der Waals surface area contributed by atoms with Crippen LogP contribution in [0.1, 0.15) is 52.4 Å². The molecule has 8 heteroatoms. The molecule has 1 aliphatic rings. The standard InChI is InChI=1S/C22H29N5O2S/c1-3-4-13-26-20(29)16-10-6-8-12-18(16)27-21(26)24-25-22(27)30-14-19(28)23-17-11-7-5-9-15(17)2/h6,8,10,12,15,17H,3-5,7,9,11,13-14H2,1-2H3,(H,23,28)/t15-,17+/m1/s1. The Labute approximate surface area is 180 Å². The molecule has 0 aliphatic heterocycles. The number of thioether (sulfide) groups is 1. The van der Waals surface area contributed by atoms with Crippen LogP contribution in [0, 0.1) is 5.92 Å². The molecule has 0 spiro atoms. The zero-order valence-electron chi connectivity index (χ0n) is 17.6. The van der Waals surface area contributed by atoms with Crippen molar-refractivity contribution >= 4 is 34.3 Å². The number of amides is 1. The smallest absolute Gasteiger partial charge is 0.262 e. The highest BCUT2D eigenvalue weighted by molar-refractivity contribution is 7.99. The van der Waals surface area contributed by atoms with Gasteiger partial charge in [-0.05, 0) is 37.3 Å². The number of aromatic nitrogens is 4. The Balaban J connectivity index is 1.61. The Morgan fingerprint density at radius 2 is 2.03 bits per heavy atom. The van der Waals surface area contributed by atoms with Gasteiger partial charge in [-0.2, -0.15) is 0 Å². The summed E-state index contributed by atoms with van der Waals surface area (Å²) in [4.78, 5) is 25.6. The summed E-state index contributed by atoms with van der Waals surface area (Å²) in [6, 6.07) is 7.79. The van der Waals surface area contributed by atoms with Gasteiger partial charge in [-0.1, -0.05) is 57.0 Å². The van der Waals surface area contributed by atoms with Crippen molar-refractivity contribution in [2.24, 2.45) is 5.92 Å². The monoisotopic (exact) mass is 427 g/mol. The lowest BCUT2D eigenvalue weighted by Gasteiger charge is -2.29. The summed E-state index contributed by atoms with van der Waals surface area (Å²) in [6.07, 6.45) is 6.54. The van der Waals surface area contributed by atoms with Crippen LogP contribution in [0.2, 0.25) is 0 Å². The summed E-state index contributed by atoms with van der Waals surface area (Å²) >= 11 is 1.37. The van der Waals surface area contributed by atoms with E-state index in [4.69, 9.17) is 0 Å². The molecule has 4 rings (SSSR count). The Hall–Kier alpha value is -2.35. The second-order valence-electron chi connectivity index (χ2n) is 8.17. The van der Waals surface area contributed by atoms with E-state index >= 15 is 0 Å². The minimum Gasteiger partial charge on any atom is -0.352 e. The fourth-order valence-corrected chi connectivity index (χ4v) is 5.01. The van der Waals surface area contributed by atoms with E-state index in [1.54, 1.807) is 4.57 Å². The van der Waals surface area contributed by atoms with E-state index in [1.165, 1.54) is 31.0 Å². The predicted molar refractivity (Wildman–Crippen MR) is 120 cm³/mol. The van der Waals surface area contributed by atoms with Gasteiger partial charge in [0.2, 0.25) is 11.7 Å². The summed E-state index contributed by atoms with van der Waals surface area (Å²) in [6.45, 7) is 4.91. The van der Waals surface area contributed by atoms with E-state index in [0.29, 0.717) is 28.8 Å². The number of nitrogens with zero attached hydrogens (tertiary/aromatic N) is 4. The van der Waals surface area contributed by atoms with Crippen molar-refractivity contribution in [3.63, 3.8) is 0 Å². The maximum absolute atomic E-state index is 13.0. The molecule has 0 saturated heterocycles. The molecule has 7 nitrogen and oxygen atoms in total. The van der Waals surface area contributed by atoms with Crippen molar-refractivity contribution < 1.29 is 4.79 Å². The third-order valence-corrected chi connectivity index (χ3v) is 6.93. The first-order chi connectivity index (χ1) is 14.6. The largest absolute Gasteiger partial charge is 0.352 e. The first-order valence-electron chi connectivity index (χ1n) is 10.9. The number of fused-ring (bicyclic) bond motifs is 3. The van der Waals surface area contributed by atoms with Crippen molar-refractivity contribution in [1.82, 2.24) is 24.5 Å². The molecule has 2 atom stereocenters. The molecule has 3 aromatic rings. The van der Waals surface area contributed by atoms with Gasteiger partial charge in [0.25, 0.3) is 5.56 Å². The average Bonchev–Trinajstić information content (AvgIpc) is 3.18. The molecule has 0 bridgehead atoms. The Kier molecular flexibility index (Phi) is 6.41. The minimum atomic E-state index is -0.0421. The Morgan fingerprint density at radius 3 is 2.83 bits per heavy atom. The van der Waals surface area contributed by atoms with Crippen LogP contribution in [0.5, 0.6) is 0 Å². The summed E-state index contributed by atoms with van der Waals surface area (Å²) < 4.78 is 3.61. The summed E-state index contributed by atoms with van der Waals surface area (Å²) in [5.41, 5.74) is 0.735. The second-order valence-corrected chi connectivity index (χ2v) is 9.11. The Bertz CT molecular complexity index is 1110. The van der Waals surface area contributed by atoms with E-state index < -0.39 is 0 Å². The maximum Gasteiger partial charge on any atom is 0.262 e. The highest BCUT2D eigenvalue weighted by Gasteiger charge is 2.23. The first kappa shape index (κ1) is 20.9. The number of para-hydroxylation sites is 1. The molecule has 30 heavy (non-hydrogen) atoms. The van der Waals surface area contributed by atoms with Crippen LogP contribution in [0.3, 0.4) is 0 Å². The van der Waals surface area contributed by atoms with Gasteiger partial charge in [-0.15, -0.1) is 10.2 Å². The van der Waals surface area contributed by atoms with Crippen LogP contribution in [0.4, 0.5) is 0 Å². The van der Waals surface area contributed by atoms with Crippen molar-refractivity contribution in [2.45, 2.75) is 70.1 Å². The summed E-state index contributed by atoms with van der Waals surface area (Å²) in [5.74, 6) is 1.38. The SMILES string of the molecule is CCCCn1c(=O)c2ccccc2n2c(SCC(=O)N[C@H]3CCCC[C@H]3C)nnc12. The van der Waals surface area contributed by atoms with Gasteiger partial charge in [0, 0.05) is 12.6 Å². The van der Waals surface area contributed by atoms with Gasteiger partial charge in [-0.3, -0.25) is 18.6 Å². The third-order valence-electron chi connectivity index (χ3n) is 6.00. The van der Waals surface area contributed by atoms with Crippen molar-refractivity contribution in [1.29, 1.82) is 0 Å². The number of benzene rings is 1. The fraction of sp³-hybridized carbons (Fsp3) is 0.545. The average molecular weight is 428 g/mol. The van der Waals surface area contributed by atoms with Gasteiger partial charge in [0.05, 0.1) is 16.7 Å². The van der Waals surface area contributed by atoms with Gasteiger partial charge in [-0.25, -0.2) is 0 Å². The van der Waals surface area contributed by atoms with E-state index in [-0.39, 0.29) is 23.3 Å². The number of hydrogen-bond acceptors (Lipinski definition) is 5. The molecule has 1 N–H and O–H groups in total. The van der Waals surface area contributed by atoms with Crippen LogP contribution < -0.4 is 10.9 Å². The van der Waals surface area contributed by atoms with E-state index in [1.807, 2.05) is 28.7 Å². The molecule has 0 radical (unpaired) electrons. The molecular formula is C22H29N5O2S. The molecule has 0 unspecified atom stereocenters. The number of carbonyl (C=O) groups excluding carboxylic acids is 1. The van der Waals surface area contributed by atoms with Gasteiger partial charge in [0.1, 0.15) is 0 Å².